The molecule has 10 nitrogen and oxygen atoms in total. The van der Waals surface area contributed by atoms with Crippen LogP contribution in [0.5, 0.6) is 17.2 Å². The maximum atomic E-state index is 13.1. The predicted molar refractivity (Wildman–Crippen MR) is 137 cm³/mol. The molecule has 0 bridgehead atoms. The van der Waals surface area contributed by atoms with Gasteiger partial charge in [0.15, 0.2) is 11.5 Å². The zero-order valence-electron chi connectivity index (χ0n) is 19.9. The number of barbiturate groups is 1. The van der Waals surface area contributed by atoms with Gasteiger partial charge in [0.05, 0.1) is 28.3 Å². The Hall–Kier alpha value is -4.62. The van der Waals surface area contributed by atoms with E-state index in [-0.39, 0.29) is 32.8 Å². The fourth-order valence-corrected chi connectivity index (χ4v) is 4.07. The van der Waals surface area contributed by atoms with E-state index in [1.54, 1.807) is 0 Å². The molecule has 0 aliphatic carbocycles. The van der Waals surface area contributed by atoms with Crippen molar-refractivity contribution >= 4 is 58.5 Å². The molecule has 0 unspecified atom stereocenters. The van der Waals surface area contributed by atoms with E-state index in [1.165, 1.54) is 43.5 Å². The van der Waals surface area contributed by atoms with Crippen molar-refractivity contribution in [2.24, 2.45) is 0 Å². The lowest BCUT2D eigenvalue weighted by Gasteiger charge is -2.26. The Morgan fingerprint density at radius 2 is 1.75 bits per heavy atom. The van der Waals surface area contributed by atoms with Crippen molar-refractivity contribution in [3.8, 4) is 17.2 Å². The van der Waals surface area contributed by atoms with Gasteiger partial charge in [0.1, 0.15) is 5.57 Å². The van der Waals surface area contributed by atoms with E-state index in [4.69, 9.17) is 32.7 Å². The molecule has 0 spiro atoms. The van der Waals surface area contributed by atoms with Gasteiger partial charge in [0, 0.05) is 11.1 Å². The van der Waals surface area contributed by atoms with Gasteiger partial charge in [-0.05, 0) is 54.1 Å². The third-order valence-corrected chi connectivity index (χ3v) is 5.94. The summed E-state index contributed by atoms with van der Waals surface area (Å²) in [5, 5.41) is 13.5. The fraction of sp³-hybridized carbons (Fsp3) is 0.0800. The van der Waals surface area contributed by atoms with Crippen LogP contribution in [0.2, 0.25) is 10.0 Å². The highest BCUT2D eigenvalue weighted by Crippen LogP contribution is 2.44. The molecule has 3 aromatic carbocycles. The summed E-state index contributed by atoms with van der Waals surface area (Å²) in [6.07, 6.45) is -3.72. The van der Waals surface area contributed by atoms with Gasteiger partial charge >= 0.3 is 17.9 Å². The van der Waals surface area contributed by atoms with Crippen molar-refractivity contribution < 1.29 is 42.0 Å². The number of halogens is 5. The van der Waals surface area contributed by atoms with E-state index in [9.17, 15) is 37.7 Å². The highest BCUT2D eigenvalue weighted by molar-refractivity contribution is 6.39. The molecule has 3 aromatic rings. The Bertz CT molecular complexity index is 1610. The quantitative estimate of drug-likeness (QED) is 0.151. The van der Waals surface area contributed by atoms with Crippen molar-refractivity contribution in [3.05, 3.63) is 91.5 Å². The van der Waals surface area contributed by atoms with Crippen LogP contribution < -0.4 is 19.7 Å². The Balaban J connectivity index is 1.72. The summed E-state index contributed by atoms with van der Waals surface area (Å²) in [7, 11) is 1.19. The second-order valence-corrected chi connectivity index (χ2v) is 8.85. The summed E-state index contributed by atoms with van der Waals surface area (Å²) in [6, 6.07) is 8.96. The number of nitrogens with zero attached hydrogens (tertiary/aromatic N) is 2. The van der Waals surface area contributed by atoms with Crippen LogP contribution in [-0.4, -0.2) is 29.9 Å². The largest absolute Gasteiger partial charge is 0.493 e. The summed E-state index contributed by atoms with van der Waals surface area (Å²) in [5.41, 5.74) is -2.47. The first kappa shape index (κ1) is 28.4. The minimum absolute atomic E-state index is 0.103. The molecule has 1 aliphatic rings. The summed E-state index contributed by atoms with van der Waals surface area (Å²) in [6.45, 7) is 0. The van der Waals surface area contributed by atoms with Gasteiger partial charge in [-0.25, -0.2) is 9.69 Å². The number of alkyl halides is 3. The number of carbonyl (C=O) groups excluding carboxylic acids is 3. The molecule has 1 aliphatic heterocycles. The van der Waals surface area contributed by atoms with Crippen LogP contribution >= 0.6 is 23.2 Å². The number of hydrogen-bond acceptors (Lipinski definition) is 7. The van der Waals surface area contributed by atoms with Gasteiger partial charge < -0.3 is 9.47 Å². The molecule has 0 radical (unpaired) electrons. The number of amides is 4. The minimum Gasteiger partial charge on any atom is -0.493 e. The van der Waals surface area contributed by atoms with Gasteiger partial charge in [-0.1, -0.05) is 29.3 Å². The Kier molecular flexibility index (Phi) is 7.71. The van der Waals surface area contributed by atoms with E-state index >= 15 is 0 Å². The lowest BCUT2D eigenvalue weighted by atomic mass is 10.1. The molecule has 1 saturated heterocycles. The molecule has 0 atom stereocenters. The zero-order valence-corrected chi connectivity index (χ0v) is 21.4. The number of nitrogens with one attached hydrogen (secondary N) is 1. The molecule has 1 fully saturated rings. The molecule has 206 valence electrons. The van der Waals surface area contributed by atoms with E-state index < -0.39 is 51.5 Å². The van der Waals surface area contributed by atoms with Crippen molar-refractivity contribution in [1.29, 1.82) is 0 Å². The normalized spacial score (nSPS) is 14.8. The van der Waals surface area contributed by atoms with Crippen molar-refractivity contribution in [2.45, 2.75) is 6.18 Å². The SMILES string of the molecule is COc1cc(/C=C2\C(=O)NC(=O)N(c3cccc(Cl)c3)C2=O)cc(Cl)c1Oc1ccc(C(F)(F)F)cc1[N+](=O)[O-]. The number of urea groups is 1. The summed E-state index contributed by atoms with van der Waals surface area (Å²) in [5.74, 6) is -2.94. The lowest BCUT2D eigenvalue weighted by molar-refractivity contribution is -0.385. The topological polar surface area (TPSA) is 128 Å². The number of nitro groups is 1. The average Bonchev–Trinajstić information content (AvgIpc) is 2.87. The standard InChI is InChI=1S/C25H14Cl2F3N3O7/c1-39-20-9-12(7-16-22(34)31-24(36)32(23(16)35)15-4-2-3-14(26)11-15)8-17(27)21(20)40-19-6-5-13(25(28,29)30)10-18(19)33(37)38/h2-11H,1H3,(H,31,34,36)/b16-7+. The van der Waals surface area contributed by atoms with E-state index in [2.05, 4.69) is 5.32 Å². The first-order valence-electron chi connectivity index (χ1n) is 10.9. The van der Waals surface area contributed by atoms with Crippen molar-refractivity contribution in [3.63, 3.8) is 0 Å². The highest BCUT2D eigenvalue weighted by atomic mass is 35.5. The number of methoxy groups -OCH3 is 1. The Morgan fingerprint density at radius 3 is 2.38 bits per heavy atom. The van der Waals surface area contributed by atoms with E-state index in [0.717, 1.165) is 12.1 Å². The third-order valence-electron chi connectivity index (χ3n) is 5.43. The van der Waals surface area contributed by atoms with Crippen molar-refractivity contribution in [2.75, 3.05) is 12.0 Å². The zero-order chi connectivity index (χ0) is 29.4. The van der Waals surface area contributed by atoms with Crippen LogP contribution in [0, 0.1) is 10.1 Å². The summed E-state index contributed by atoms with van der Waals surface area (Å²) >= 11 is 12.3. The molecular formula is C25H14Cl2F3N3O7. The monoisotopic (exact) mass is 595 g/mol. The van der Waals surface area contributed by atoms with Crippen LogP contribution in [0.4, 0.5) is 29.3 Å². The minimum atomic E-state index is -4.83. The Morgan fingerprint density at radius 1 is 1.02 bits per heavy atom. The molecule has 4 amide bonds. The summed E-state index contributed by atoms with van der Waals surface area (Å²) < 4.78 is 49.8. The second-order valence-electron chi connectivity index (χ2n) is 8.01. The number of imide groups is 2. The smallest absolute Gasteiger partial charge is 0.416 e. The van der Waals surface area contributed by atoms with Crippen LogP contribution in [-0.2, 0) is 15.8 Å². The van der Waals surface area contributed by atoms with Crippen LogP contribution in [0.15, 0.2) is 60.2 Å². The number of rotatable bonds is 6. The number of anilines is 1. The number of ether oxygens (including phenoxy) is 2. The number of hydrogen-bond donors (Lipinski definition) is 1. The van der Waals surface area contributed by atoms with Gasteiger partial charge in [0.2, 0.25) is 5.75 Å². The molecule has 15 heteroatoms. The molecule has 0 aromatic heterocycles. The van der Waals surface area contributed by atoms with Crippen LogP contribution in [0.3, 0.4) is 0 Å². The van der Waals surface area contributed by atoms with Gasteiger partial charge in [-0.2, -0.15) is 13.2 Å². The average molecular weight is 596 g/mol. The first-order valence-corrected chi connectivity index (χ1v) is 11.6. The van der Waals surface area contributed by atoms with Gasteiger partial charge in [-0.3, -0.25) is 25.0 Å². The predicted octanol–water partition coefficient (Wildman–Crippen LogP) is 6.39. The Labute approximate surface area is 232 Å². The first-order chi connectivity index (χ1) is 18.8. The molecule has 0 saturated carbocycles. The number of benzene rings is 3. The van der Waals surface area contributed by atoms with Gasteiger partial charge in [0.25, 0.3) is 11.8 Å². The van der Waals surface area contributed by atoms with E-state index in [0.29, 0.717) is 17.0 Å². The molecule has 4 rings (SSSR count). The van der Waals surface area contributed by atoms with Crippen LogP contribution in [0.25, 0.3) is 6.08 Å². The van der Waals surface area contributed by atoms with E-state index in [1.807, 2.05) is 0 Å². The maximum Gasteiger partial charge on any atom is 0.416 e. The molecular weight excluding hydrogens is 582 g/mol. The van der Waals surface area contributed by atoms with Crippen LogP contribution in [0.1, 0.15) is 11.1 Å². The summed E-state index contributed by atoms with van der Waals surface area (Å²) in [4.78, 5) is 49.1. The maximum absolute atomic E-state index is 13.1. The number of nitro benzene ring substituents is 1. The lowest BCUT2D eigenvalue weighted by Crippen LogP contribution is -2.54. The van der Waals surface area contributed by atoms with Crippen molar-refractivity contribution in [1.82, 2.24) is 5.32 Å². The fourth-order valence-electron chi connectivity index (χ4n) is 3.63. The highest BCUT2D eigenvalue weighted by Gasteiger charge is 2.37. The molecule has 1 heterocycles. The molecule has 40 heavy (non-hydrogen) atoms. The van der Waals surface area contributed by atoms with Gasteiger partial charge in [-0.15, -0.1) is 0 Å². The second kappa shape index (κ2) is 10.9. The third kappa shape index (κ3) is 5.70. The molecule has 1 N–H and O–H groups in total. The number of carbonyl (C=O) groups is 3.